The van der Waals surface area contributed by atoms with E-state index in [-0.39, 0.29) is 12.5 Å². The summed E-state index contributed by atoms with van der Waals surface area (Å²) >= 11 is 0. The van der Waals surface area contributed by atoms with Gasteiger partial charge in [-0.2, -0.15) is 5.10 Å². The van der Waals surface area contributed by atoms with Crippen molar-refractivity contribution in [3.8, 4) is 0 Å². The van der Waals surface area contributed by atoms with E-state index in [4.69, 9.17) is 5.73 Å². The molecule has 0 saturated carbocycles. The number of nitrogens with two attached hydrogens (primary N) is 1. The van der Waals surface area contributed by atoms with E-state index < -0.39 is 13.1 Å². The van der Waals surface area contributed by atoms with Gasteiger partial charge in [-0.3, -0.25) is 4.79 Å². The van der Waals surface area contributed by atoms with Crippen LogP contribution in [0.4, 0.5) is 0 Å². The molecule has 1 aromatic carbocycles. The Bertz CT molecular complexity index is 650. The van der Waals surface area contributed by atoms with Crippen molar-refractivity contribution in [1.29, 1.82) is 0 Å². The number of aromatic nitrogens is 3. The average Bonchev–Trinajstić information content (AvgIpc) is 3.01. The van der Waals surface area contributed by atoms with Crippen LogP contribution in [0.15, 0.2) is 36.7 Å². The zero-order valence-corrected chi connectivity index (χ0v) is 14.1. The van der Waals surface area contributed by atoms with Gasteiger partial charge in [-0.05, 0) is 24.9 Å². The Labute approximate surface area is 147 Å². The molecule has 25 heavy (non-hydrogen) atoms. The zero-order chi connectivity index (χ0) is 18.1. The van der Waals surface area contributed by atoms with Crippen LogP contribution in [0.2, 0.25) is 0 Å². The van der Waals surface area contributed by atoms with Gasteiger partial charge in [0.05, 0.1) is 5.94 Å². The summed E-state index contributed by atoms with van der Waals surface area (Å²) in [5.41, 5.74) is 6.50. The molecule has 2 rings (SSSR count). The Hall–Kier alpha value is -2.23. The lowest BCUT2D eigenvalue weighted by Gasteiger charge is -2.17. The van der Waals surface area contributed by atoms with Crippen LogP contribution in [0.25, 0.3) is 0 Å². The molecule has 1 unspecified atom stereocenters. The van der Waals surface area contributed by atoms with Gasteiger partial charge < -0.3 is 21.1 Å². The molecular weight excluding hydrogens is 321 g/mol. The van der Waals surface area contributed by atoms with Crippen molar-refractivity contribution in [2.75, 3.05) is 6.54 Å². The minimum atomic E-state index is -1.61. The number of hydrogen-bond donors (Lipinski definition) is 4. The number of carbonyl (C=O) groups is 1. The summed E-state index contributed by atoms with van der Waals surface area (Å²) in [6.45, 7) is 0.506. The highest BCUT2D eigenvalue weighted by Crippen LogP contribution is 2.07. The molecule has 0 saturated heterocycles. The van der Waals surface area contributed by atoms with Gasteiger partial charge in [0.25, 0.3) is 0 Å². The number of hydrogen-bond acceptors (Lipinski definition) is 6. The third kappa shape index (κ3) is 6.30. The lowest BCUT2D eigenvalue weighted by molar-refractivity contribution is -0.122. The van der Waals surface area contributed by atoms with Crippen molar-refractivity contribution < 1.29 is 14.8 Å². The molecule has 1 atom stereocenters. The van der Waals surface area contributed by atoms with Crippen molar-refractivity contribution >= 4 is 13.0 Å². The van der Waals surface area contributed by atoms with E-state index in [1.165, 1.54) is 11.0 Å². The van der Waals surface area contributed by atoms with Crippen LogP contribution < -0.4 is 11.1 Å². The van der Waals surface area contributed by atoms with Crippen LogP contribution in [0.1, 0.15) is 30.7 Å². The van der Waals surface area contributed by atoms with Gasteiger partial charge in [-0.1, -0.05) is 36.8 Å². The quantitative estimate of drug-likeness (QED) is 0.340. The number of unbranched alkanes of at least 4 members (excludes halogenated alkanes) is 1. The van der Waals surface area contributed by atoms with Crippen molar-refractivity contribution in [3.05, 3.63) is 48.0 Å². The number of nitrogens with one attached hydrogen (secondary N) is 1. The minimum absolute atomic E-state index is 0.0255. The van der Waals surface area contributed by atoms with E-state index in [1.807, 2.05) is 30.3 Å². The summed E-state index contributed by atoms with van der Waals surface area (Å²) < 4.78 is 1.52. The molecule has 0 spiro atoms. The van der Waals surface area contributed by atoms with Gasteiger partial charge in [0, 0.05) is 6.42 Å². The van der Waals surface area contributed by atoms with Crippen LogP contribution in [-0.4, -0.2) is 50.3 Å². The molecule has 1 aromatic heterocycles. The fraction of sp³-hybridized carbons (Fsp3) is 0.438. The smallest absolute Gasteiger partial charge is 0.426 e. The molecule has 1 heterocycles. The maximum absolute atomic E-state index is 12.2. The Kier molecular flexibility index (Phi) is 7.58. The lowest BCUT2D eigenvalue weighted by atomic mass is 9.76. The first-order chi connectivity index (χ1) is 12.1. The number of rotatable bonds is 10. The predicted molar refractivity (Wildman–Crippen MR) is 94.3 cm³/mol. The molecule has 8 nitrogen and oxygen atoms in total. The SMILES string of the molecule is NCCCCC(NC(=O)Cn1ncnc1Cc1ccccc1)B(O)O. The molecule has 134 valence electrons. The monoisotopic (exact) mass is 345 g/mol. The summed E-state index contributed by atoms with van der Waals surface area (Å²) in [6, 6.07) is 9.78. The van der Waals surface area contributed by atoms with Crippen molar-refractivity contribution in [3.63, 3.8) is 0 Å². The third-order valence-electron chi connectivity index (χ3n) is 3.87. The van der Waals surface area contributed by atoms with Crippen molar-refractivity contribution in [2.45, 2.75) is 38.2 Å². The first kappa shape index (κ1) is 19.1. The van der Waals surface area contributed by atoms with Gasteiger partial charge >= 0.3 is 7.12 Å². The standard InChI is InChI=1S/C16H24BN5O3/c18-9-5-4-8-14(17(24)25)21-16(23)11-22-15(19-12-20-22)10-13-6-2-1-3-7-13/h1-3,6-7,12,14,24-25H,4-5,8-11,18H2,(H,21,23). The van der Waals surface area contributed by atoms with Crippen LogP contribution >= 0.6 is 0 Å². The van der Waals surface area contributed by atoms with Gasteiger partial charge in [0.2, 0.25) is 5.91 Å². The first-order valence-electron chi connectivity index (χ1n) is 8.36. The second kappa shape index (κ2) is 9.92. The molecule has 5 N–H and O–H groups in total. The topological polar surface area (TPSA) is 126 Å². The van der Waals surface area contributed by atoms with E-state index >= 15 is 0 Å². The third-order valence-corrected chi connectivity index (χ3v) is 3.87. The molecule has 1 amide bonds. The van der Waals surface area contributed by atoms with Gasteiger partial charge in [0.15, 0.2) is 0 Å². The van der Waals surface area contributed by atoms with Crippen molar-refractivity contribution in [2.24, 2.45) is 5.73 Å². The summed E-state index contributed by atoms with van der Waals surface area (Å²) in [5, 5.41) is 25.5. The van der Waals surface area contributed by atoms with E-state index in [1.54, 1.807) is 0 Å². The molecule has 0 bridgehead atoms. The summed E-state index contributed by atoms with van der Waals surface area (Å²) in [6.07, 6.45) is 3.90. The molecule has 2 aromatic rings. The second-order valence-corrected chi connectivity index (χ2v) is 5.87. The molecular formula is C16H24BN5O3. The average molecular weight is 345 g/mol. The van der Waals surface area contributed by atoms with Crippen molar-refractivity contribution in [1.82, 2.24) is 20.1 Å². The number of benzene rings is 1. The highest BCUT2D eigenvalue weighted by atomic mass is 16.4. The fourth-order valence-electron chi connectivity index (χ4n) is 2.53. The molecule has 0 aliphatic carbocycles. The molecule has 9 heteroatoms. The van der Waals surface area contributed by atoms with Gasteiger partial charge in [-0.15, -0.1) is 0 Å². The molecule has 0 fully saturated rings. The Morgan fingerprint density at radius 1 is 1.28 bits per heavy atom. The van der Waals surface area contributed by atoms with E-state index in [9.17, 15) is 14.8 Å². The molecule has 0 radical (unpaired) electrons. The minimum Gasteiger partial charge on any atom is -0.426 e. The predicted octanol–water partition coefficient (Wildman–Crippen LogP) is -0.505. The fourth-order valence-corrected chi connectivity index (χ4v) is 2.53. The van der Waals surface area contributed by atoms with Gasteiger partial charge in [0.1, 0.15) is 18.7 Å². The van der Waals surface area contributed by atoms with Crippen LogP contribution in [0.5, 0.6) is 0 Å². The number of nitrogens with zero attached hydrogens (tertiary/aromatic N) is 3. The zero-order valence-electron chi connectivity index (χ0n) is 14.1. The summed E-state index contributed by atoms with van der Waals surface area (Å²) in [4.78, 5) is 16.4. The van der Waals surface area contributed by atoms with E-state index in [0.29, 0.717) is 31.6 Å². The summed E-state index contributed by atoms with van der Waals surface area (Å²) in [7, 11) is -1.61. The maximum Gasteiger partial charge on any atom is 0.475 e. The van der Waals surface area contributed by atoms with E-state index in [0.717, 1.165) is 12.0 Å². The normalized spacial score (nSPS) is 12.0. The van der Waals surface area contributed by atoms with E-state index in [2.05, 4.69) is 15.4 Å². The first-order valence-corrected chi connectivity index (χ1v) is 8.36. The summed E-state index contributed by atoms with van der Waals surface area (Å²) in [5.74, 6) is -0.392. The largest absolute Gasteiger partial charge is 0.475 e. The second-order valence-electron chi connectivity index (χ2n) is 5.87. The lowest BCUT2D eigenvalue weighted by Crippen LogP contribution is -2.47. The Morgan fingerprint density at radius 2 is 2.04 bits per heavy atom. The number of carbonyl (C=O) groups excluding carboxylic acids is 1. The highest BCUT2D eigenvalue weighted by Gasteiger charge is 2.25. The van der Waals surface area contributed by atoms with Crippen LogP contribution in [0.3, 0.4) is 0 Å². The van der Waals surface area contributed by atoms with Crippen LogP contribution in [0, 0.1) is 0 Å². The Balaban J connectivity index is 1.92. The molecule has 0 aliphatic heterocycles. The van der Waals surface area contributed by atoms with Crippen LogP contribution in [-0.2, 0) is 17.8 Å². The highest BCUT2D eigenvalue weighted by molar-refractivity contribution is 6.43. The van der Waals surface area contributed by atoms with Gasteiger partial charge in [-0.25, -0.2) is 9.67 Å². The molecule has 0 aliphatic rings. The maximum atomic E-state index is 12.2. The Morgan fingerprint density at radius 3 is 2.72 bits per heavy atom. The number of amides is 1.